The Bertz CT molecular complexity index is 2340. The lowest BCUT2D eigenvalue weighted by Gasteiger charge is -2.42. The number of pyridine rings is 1. The summed E-state index contributed by atoms with van der Waals surface area (Å²) in [4.78, 5) is 82.9. The van der Waals surface area contributed by atoms with Crippen molar-refractivity contribution in [1.29, 1.82) is 0 Å². The zero-order chi connectivity index (χ0) is 41.5. The predicted octanol–water partition coefficient (Wildman–Crippen LogP) is 5.21. The summed E-state index contributed by atoms with van der Waals surface area (Å²) in [6, 6.07) is 14.6. The molecular formula is C47H50N8O5. The lowest BCUT2D eigenvalue weighted by Crippen LogP contribution is -2.54. The van der Waals surface area contributed by atoms with E-state index < -0.39 is 23.8 Å². The molecule has 1 atom stereocenters. The molecule has 0 saturated carbocycles. The first kappa shape index (κ1) is 39.4. The molecule has 308 valence electrons. The fourth-order valence-electron chi connectivity index (χ4n) is 10.3. The summed E-state index contributed by atoms with van der Waals surface area (Å²) in [5.74, 6) is 5.83. The van der Waals surface area contributed by atoms with Gasteiger partial charge in [0.05, 0.1) is 22.5 Å². The average Bonchev–Trinajstić information content (AvgIpc) is 3.80. The van der Waals surface area contributed by atoms with Crippen molar-refractivity contribution < 1.29 is 24.0 Å². The standard InChI is InChI=1S/C47H50N8O5/c1-31-28-36(29-49-42(31)48-2)52-25-18-47(19-26-52)20-27-54(30-47)44(58)34-10-8-32(9-11-34)6-7-33-14-21-51(22-15-33)35-16-23-53(24-17-35)38-5-3-4-37-41(38)46(60)55(45(37)59)39-12-13-40(56)50-43(39)57/h3-5,8-11,28-29,33,35,39H,12-27,30H2,1H3,(H,50,56,57). The van der Waals surface area contributed by atoms with Crippen LogP contribution in [0.25, 0.3) is 4.85 Å². The van der Waals surface area contributed by atoms with Gasteiger partial charge in [-0.05, 0) is 125 Å². The van der Waals surface area contributed by atoms with Crippen LogP contribution in [-0.2, 0) is 9.59 Å². The topological polar surface area (TPSA) is 131 Å². The van der Waals surface area contributed by atoms with Crippen LogP contribution < -0.4 is 15.1 Å². The number of piperidine rings is 4. The zero-order valence-electron chi connectivity index (χ0n) is 34.1. The molecule has 13 heteroatoms. The number of amides is 5. The number of benzene rings is 2. The molecule has 2 aromatic carbocycles. The number of nitrogens with one attached hydrogen (secondary N) is 1. The molecule has 5 amide bonds. The lowest BCUT2D eigenvalue weighted by molar-refractivity contribution is -0.136. The van der Waals surface area contributed by atoms with Crippen LogP contribution in [-0.4, -0.2) is 114 Å². The van der Waals surface area contributed by atoms with Crippen molar-refractivity contribution in [3.8, 4) is 11.8 Å². The Balaban J connectivity index is 0.732. The van der Waals surface area contributed by atoms with Gasteiger partial charge in [0.15, 0.2) is 0 Å². The van der Waals surface area contributed by atoms with E-state index in [0.29, 0.717) is 34.5 Å². The Labute approximate surface area is 350 Å². The van der Waals surface area contributed by atoms with E-state index in [1.165, 1.54) is 0 Å². The first-order valence-electron chi connectivity index (χ1n) is 21.4. The quantitative estimate of drug-likeness (QED) is 0.210. The molecule has 0 aliphatic carbocycles. The molecule has 9 rings (SSSR count). The molecule has 60 heavy (non-hydrogen) atoms. The van der Waals surface area contributed by atoms with E-state index in [1.807, 2.05) is 48.4 Å². The van der Waals surface area contributed by atoms with Crippen LogP contribution >= 0.6 is 0 Å². The number of carbonyl (C=O) groups excluding carboxylic acids is 5. The van der Waals surface area contributed by atoms with Crippen LogP contribution in [0, 0.1) is 36.7 Å². The lowest BCUT2D eigenvalue weighted by atomic mass is 9.77. The second-order valence-electron chi connectivity index (χ2n) is 17.4. The minimum atomic E-state index is -0.978. The molecular weight excluding hydrogens is 757 g/mol. The van der Waals surface area contributed by atoms with Crippen molar-refractivity contribution in [2.75, 3.05) is 62.2 Å². The highest BCUT2D eigenvalue weighted by Gasteiger charge is 2.47. The number of likely N-dealkylation sites (tertiary alicyclic amines) is 2. The maximum Gasteiger partial charge on any atom is 0.272 e. The molecule has 6 aliphatic rings. The van der Waals surface area contributed by atoms with Crippen molar-refractivity contribution in [3.05, 3.63) is 94.0 Å². The van der Waals surface area contributed by atoms with Crippen LogP contribution in [0.15, 0.2) is 54.7 Å². The molecule has 1 N–H and O–H groups in total. The molecule has 1 aromatic heterocycles. The van der Waals surface area contributed by atoms with Crippen molar-refractivity contribution in [1.82, 2.24) is 25.0 Å². The predicted molar refractivity (Wildman–Crippen MR) is 226 cm³/mol. The van der Waals surface area contributed by atoms with Crippen molar-refractivity contribution >= 4 is 46.7 Å². The summed E-state index contributed by atoms with van der Waals surface area (Å²) in [6.45, 7) is 16.1. The maximum atomic E-state index is 13.7. The fraction of sp³-hybridized carbons (Fsp3) is 0.468. The highest BCUT2D eigenvalue weighted by atomic mass is 16.2. The largest absolute Gasteiger partial charge is 0.371 e. The smallest absolute Gasteiger partial charge is 0.272 e. The monoisotopic (exact) mass is 806 g/mol. The number of aromatic nitrogens is 1. The minimum absolute atomic E-state index is 0.0919. The highest BCUT2D eigenvalue weighted by Crippen LogP contribution is 2.42. The molecule has 5 saturated heterocycles. The van der Waals surface area contributed by atoms with Gasteiger partial charge in [-0.15, -0.1) is 4.98 Å². The summed E-state index contributed by atoms with van der Waals surface area (Å²) in [6.07, 6.45) is 9.03. The Morgan fingerprint density at radius 2 is 1.60 bits per heavy atom. The number of aryl methyl sites for hydroxylation is 1. The maximum absolute atomic E-state index is 13.7. The molecule has 0 bridgehead atoms. The van der Waals surface area contributed by atoms with Crippen molar-refractivity contribution in [3.63, 3.8) is 0 Å². The number of carbonyl (C=O) groups is 5. The van der Waals surface area contributed by atoms with E-state index >= 15 is 0 Å². The summed E-state index contributed by atoms with van der Waals surface area (Å²) in [5.41, 5.74) is 5.17. The van der Waals surface area contributed by atoms with Gasteiger partial charge in [-0.25, -0.2) is 0 Å². The van der Waals surface area contributed by atoms with Gasteiger partial charge in [0.1, 0.15) is 12.2 Å². The number of rotatable bonds is 5. The van der Waals surface area contributed by atoms with E-state index in [2.05, 4.69) is 47.8 Å². The van der Waals surface area contributed by atoms with Gasteiger partial charge in [-0.1, -0.05) is 24.5 Å². The first-order valence-corrected chi connectivity index (χ1v) is 21.4. The number of nitrogens with zero attached hydrogens (tertiary/aromatic N) is 7. The summed E-state index contributed by atoms with van der Waals surface area (Å²) in [7, 11) is 0. The van der Waals surface area contributed by atoms with Gasteiger partial charge in [0.2, 0.25) is 11.8 Å². The van der Waals surface area contributed by atoms with E-state index in [-0.39, 0.29) is 30.1 Å². The third kappa shape index (κ3) is 7.52. The van der Waals surface area contributed by atoms with Crippen LogP contribution in [0.3, 0.4) is 0 Å². The third-order valence-electron chi connectivity index (χ3n) is 13.9. The van der Waals surface area contributed by atoms with Gasteiger partial charge >= 0.3 is 0 Å². The van der Waals surface area contributed by atoms with Gasteiger partial charge in [-0.2, -0.15) is 0 Å². The van der Waals surface area contributed by atoms with Crippen LogP contribution in [0.1, 0.15) is 100.0 Å². The van der Waals surface area contributed by atoms with Crippen LogP contribution in [0.5, 0.6) is 0 Å². The number of hydrogen-bond donors (Lipinski definition) is 1. The highest BCUT2D eigenvalue weighted by molar-refractivity contribution is 6.25. The zero-order valence-corrected chi connectivity index (χ0v) is 34.1. The second-order valence-corrected chi connectivity index (χ2v) is 17.4. The Kier molecular flexibility index (Phi) is 10.6. The Morgan fingerprint density at radius 1 is 0.867 bits per heavy atom. The Morgan fingerprint density at radius 3 is 2.30 bits per heavy atom. The van der Waals surface area contributed by atoms with E-state index in [1.54, 1.807) is 12.1 Å². The molecule has 5 fully saturated rings. The third-order valence-corrected chi connectivity index (χ3v) is 13.9. The molecule has 13 nitrogen and oxygen atoms in total. The molecule has 3 aromatic rings. The number of imide groups is 2. The molecule has 6 aliphatic heterocycles. The van der Waals surface area contributed by atoms with Gasteiger partial charge < -0.3 is 24.4 Å². The molecule has 0 radical (unpaired) electrons. The minimum Gasteiger partial charge on any atom is -0.371 e. The molecule has 1 spiro atoms. The van der Waals surface area contributed by atoms with Gasteiger partial charge in [0.25, 0.3) is 23.5 Å². The van der Waals surface area contributed by atoms with Gasteiger partial charge in [-0.3, -0.25) is 34.2 Å². The van der Waals surface area contributed by atoms with Crippen molar-refractivity contribution in [2.45, 2.75) is 76.8 Å². The normalized spacial score (nSPS) is 22.4. The summed E-state index contributed by atoms with van der Waals surface area (Å²) >= 11 is 0. The fourth-order valence-corrected chi connectivity index (χ4v) is 10.3. The molecule has 7 heterocycles. The number of anilines is 2. The number of hydrogen-bond acceptors (Lipinski definition) is 9. The summed E-state index contributed by atoms with van der Waals surface area (Å²) in [5, 5.41) is 2.27. The number of fused-ring (bicyclic) bond motifs is 1. The first-order chi connectivity index (χ1) is 29.1. The van der Waals surface area contributed by atoms with E-state index in [4.69, 9.17) is 6.57 Å². The Hall–Kier alpha value is -6.05. The SMILES string of the molecule is [C-]#[N+]c1ncc(N2CCC3(CCN(C(=O)c4ccc(C#CC5CCN(C6CCN(c7cccc8c7C(=O)N(C7CCC(=O)NC7=O)C8=O)CC6)CC5)cc4)C3)CC2)cc1C. The average molecular weight is 807 g/mol. The second kappa shape index (κ2) is 16.2. The summed E-state index contributed by atoms with van der Waals surface area (Å²) < 4.78 is 0. The van der Waals surface area contributed by atoms with E-state index in [0.717, 1.165) is 125 Å². The van der Waals surface area contributed by atoms with Crippen LogP contribution in [0.2, 0.25) is 0 Å². The van der Waals surface area contributed by atoms with Crippen molar-refractivity contribution in [2.24, 2.45) is 11.3 Å². The van der Waals surface area contributed by atoms with Crippen LogP contribution in [0.4, 0.5) is 17.2 Å². The van der Waals surface area contributed by atoms with Gasteiger partial charge in [0, 0.05) is 68.8 Å². The molecule has 1 unspecified atom stereocenters. The van der Waals surface area contributed by atoms with E-state index in [9.17, 15) is 24.0 Å².